The molecule has 0 saturated carbocycles. The summed E-state index contributed by atoms with van der Waals surface area (Å²) in [5, 5.41) is 3.95. The Kier molecular flexibility index (Phi) is 4.53. The highest BCUT2D eigenvalue weighted by Crippen LogP contribution is 2.29. The van der Waals surface area contributed by atoms with Crippen LogP contribution >= 0.6 is 0 Å². The van der Waals surface area contributed by atoms with Crippen molar-refractivity contribution in [3.05, 3.63) is 77.4 Å². The summed E-state index contributed by atoms with van der Waals surface area (Å²) in [6, 6.07) is 16.7. The van der Waals surface area contributed by atoms with Crippen LogP contribution in [0, 0.1) is 5.82 Å². The summed E-state index contributed by atoms with van der Waals surface area (Å²) in [5.41, 5.74) is 3.04. The Bertz CT molecular complexity index is 783. The van der Waals surface area contributed by atoms with Gasteiger partial charge in [-0.25, -0.2) is 4.39 Å². The van der Waals surface area contributed by atoms with Crippen molar-refractivity contribution < 1.29 is 13.7 Å². The third kappa shape index (κ3) is 3.32. The number of halogens is 1. The molecule has 0 fully saturated rings. The maximum Gasteiger partial charge on any atom is 0.144 e. The van der Waals surface area contributed by atoms with Crippen LogP contribution in [-0.4, -0.2) is 12.3 Å². The highest BCUT2D eigenvalue weighted by atomic mass is 19.1. The number of ether oxygens (including phenoxy) is 1. The molecule has 4 heteroatoms. The molecule has 0 N–H and O–H groups in total. The van der Waals surface area contributed by atoms with Crippen LogP contribution < -0.4 is 0 Å². The van der Waals surface area contributed by atoms with E-state index in [1.165, 1.54) is 0 Å². The Morgan fingerprint density at radius 3 is 2.61 bits per heavy atom. The topological polar surface area (TPSA) is 35.3 Å². The van der Waals surface area contributed by atoms with Gasteiger partial charge in [0.25, 0.3) is 0 Å². The Hall–Kier alpha value is -2.46. The highest BCUT2D eigenvalue weighted by molar-refractivity contribution is 5.64. The number of rotatable bonds is 5. The zero-order valence-corrected chi connectivity index (χ0v) is 13.1. The zero-order chi connectivity index (χ0) is 16.2. The van der Waals surface area contributed by atoms with Gasteiger partial charge in [0.15, 0.2) is 0 Å². The van der Waals surface area contributed by atoms with E-state index in [1.54, 1.807) is 13.2 Å². The van der Waals surface area contributed by atoms with Crippen molar-refractivity contribution in [3.63, 3.8) is 0 Å². The molecule has 0 saturated heterocycles. The lowest BCUT2D eigenvalue weighted by Crippen LogP contribution is -1.96. The first-order valence-electron chi connectivity index (χ1n) is 7.48. The standard InChI is InChI=1S/C19H18FNO2/c1-13(19-11-16(12-22-2)21-23-19)15-8-9-17(18(20)10-15)14-6-4-3-5-7-14/h3-11,13H,12H2,1-2H3. The van der Waals surface area contributed by atoms with Gasteiger partial charge in [-0.1, -0.05) is 54.5 Å². The van der Waals surface area contributed by atoms with Crippen LogP contribution in [0.1, 0.15) is 29.9 Å². The zero-order valence-electron chi connectivity index (χ0n) is 13.1. The summed E-state index contributed by atoms with van der Waals surface area (Å²) in [7, 11) is 1.61. The molecule has 0 spiro atoms. The summed E-state index contributed by atoms with van der Waals surface area (Å²) < 4.78 is 24.8. The molecule has 0 radical (unpaired) electrons. The average Bonchev–Trinajstić information content (AvgIpc) is 3.04. The van der Waals surface area contributed by atoms with E-state index < -0.39 is 0 Å². The molecule has 3 nitrogen and oxygen atoms in total. The maximum absolute atomic E-state index is 14.5. The molecule has 1 unspecified atom stereocenters. The minimum Gasteiger partial charge on any atom is -0.378 e. The van der Waals surface area contributed by atoms with E-state index in [2.05, 4.69) is 5.16 Å². The lowest BCUT2D eigenvalue weighted by atomic mass is 9.95. The number of methoxy groups -OCH3 is 1. The molecule has 3 rings (SSSR count). The minimum absolute atomic E-state index is 0.0765. The molecular weight excluding hydrogens is 293 g/mol. The van der Waals surface area contributed by atoms with Crippen molar-refractivity contribution in [3.8, 4) is 11.1 Å². The first kappa shape index (κ1) is 15.4. The third-order valence-electron chi connectivity index (χ3n) is 3.87. The fraction of sp³-hybridized carbons (Fsp3) is 0.211. The van der Waals surface area contributed by atoms with E-state index >= 15 is 0 Å². The molecule has 1 atom stereocenters. The van der Waals surface area contributed by atoms with Gasteiger partial charge < -0.3 is 9.26 Å². The van der Waals surface area contributed by atoms with Gasteiger partial charge in [0.05, 0.1) is 6.61 Å². The van der Waals surface area contributed by atoms with E-state index in [-0.39, 0.29) is 11.7 Å². The second-order valence-electron chi connectivity index (χ2n) is 5.48. The van der Waals surface area contributed by atoms with Crippen molar-refractivity contribution in [2.24, 2.45) is 0 Å². The molecule has 0 aliphatic heterocycles. The maximum atomic E-state index is 14.5. The van der Waals surface area contributed by atoms with E-state index in [0.717, 1.165) is 16.8 Å². The van der Waals surface area contributed by atoms with Gasteiger partial charge in [0.1, 0.15) is 17.3 Å². The van der Waals surface area contributed by atoms with Crippen molar-refractivity contribution >= 4 is 0 Å². The molecule has 1 heterocycles. The molecular formula is C19H18FNO2. The number of hydrogen-bond donors (Lipinski definition) is 0. The lowest BCUT2D eigenvalue weighted by molar-refractivity contribution is 0.177. The molecule has 0 bridgehead atoms. The first-order chi connectivity index (χ1) is 11.2. The summed E-state index contributed by atoms with van der Waals surface area (Å²) in [6.45, 7) is 2.37. The van der Waals surface area contributed by atoms with Gasteiger partial charge >= 0.3 is 0 Å². The number of aromatic nitrogens is 1. The Labute approximate surface area is 134 Å². The molecule has 23 heavy (non-hydrogen) atoms. The quantitative estimate of drug-likeness (QED) is 0.680. The second kappa shape index (κ2) is 6.75. The average molecular weight is 311 g/mol. The van der Waals surface area contributed by atoms with Crippen LogP contribution in [0.3, 0.4) is 0 Å². The summed E-state index contributed by atoms with van der Waals surface area (Å²) in [6.07, 6.45) is 0. The van der Waals surface area contributed by atoms with Gasteiger partial charge in [-0.15, -0.1) is 0 Å². The lowest BCUT2D eigenvalue weighted by Gasteiger charge is -2.10. The highest BCUT2D eigenvalue weighted by Gasteiger charge is 2.16. The number of hydrogen-bond acceptors (Lipinski definition) is 3. The molecule has 0 aliphatic rings. The van der Waals surface area contributed by atoms with Crippen molar-refractivity contribution in [2.75, 3.05) is 7.11 Å². The molecule has 0 amide bonds. The van der Waals surface area contributed by atoms with Crippen LogP contribution in [0.25, 0.3) is 11.1 Å². The van der Waals surface area contributed by atoms with E-state index in [0.29, 0.717) is 17.9 Å². The number of nitrogens with zero attached hydrogens (tertiary/aromatic N) is 1. The predicted molar refractivity (Wildman–Crippen MR) is 86.6 cm³/mol. The van der Waals surface area contributed by atoms with Crippen LogP contribution in [0.4, 0.5) is 4.39 Å². The number of benzene rings is 2. The summed E-state index contributed by atoms with van der Waals surface area (Å²) >= 11 is 0. The summed E-state index contributed by atoms with van der Waals surface area (Å²) in [5.74, 6) is 0.383. The monoisotopic (exact) mass is 311 g/mol. The Morgan fingerprint density at radius 1 is 1.13 bits per heavy atom. The van der Waals surface area contributed by atoms with Gasteiger partial charge in [0, 0.05) is 24.7 Å². The predicted octanol–water partition coefficient (Wildman–Crippen LogP) is 4.78. The molecule has 3 aromatic rings. The van der Waals surface area contributed by atoms with Crippen molar-refractivity contribution in [2.45, 2.75) is 19.4 Å². The van der Waals surface area contributed by atoms with Crippen molar-refractivity contribution in [1.82, 2.24) is 5.16 Å². The van der Waals surface area contributed by atoms with Gasteiger partial charge in [0.2, 0.25) is 0 Å². The fourth-order valence-corrected chi connectivity index (χ4v) is 2.56. The third-order valence-corrected chi connectivity index (χ3v) is 3.87. The molecule has 0 aliphatic carbocycles. The molecule has 118 valence electrons. The second-order valence-corrected chi connectivity index (χ2v) is 5.48. The minimum atomic E-state index is -0.239. The van der Waals surface area contributed by atoms with Gasteiger partial charge in [-0.05, 0) is 17.2 Å². The molecule has 1 aromatic heterocycles. The van der Waals surface area contributed by atoms with Crippen LogP contribution in [0.15, 0.2) is 59.1 Å². The van der Waals surface area contributed by atoms with Crippen LogP contribution in [0.2, 0.25) is 0 Å². The largest absolute Gasteiger partial charge is 0.378 e. The smallest absolute Gasteiger partial charge is 0.144 e. The van der Waals surface area contributed by atoms with Gasteiger partial charge in [-0.2, -0.15) is 0 Å². The fourth-order valence-electron chi connectivity index (χ4n) is 2.56. The van der Waals surface area contributed by atoms with E-state index in [9.17, 15) is 4.39 Å². The Balaban J connectivity index is 1.87. The SMILES string of the molecule is COCc1cc(C(C)c2ccc(-c3ccccc3)c(F)c2)on1. The first-order valence-corrected chi connectivity index (χ1v) is 7.48. The van der Waals surface area contributed by atoms with E-state index in [1.807, 2.05) is 55.5 Å². The van der Waals surface area contributed by atoms with Crippen LogP contribution in [0.5, 0.6) is 0 Å². The van der Waals surface area contributed by atoms with Gasteiger partial charge in [-0.3, -0.25) is 0 Å². The molecule has 2 aromatic carbocycles. The summed E-state index contributed by atoms with van der Waals surface area (Å²) in [4.78, 5) is 0. The van der Waals surface area contributed by atoms with Crippen LogP contribution in [-0.2, 0) is 11.3 Å². The normalized spacial score (nSPS) is 12.3. The Morgan fingerprint density at radius 2 is 1.91 bits per heavy atom. The van der Waals surface area contributed by atoms with E-state index in [4.69, 9.17) is 9.26 Å². The van der Waals surface area contributed by atoms with Crippen molar-refractivity contribution in [1.29, 1.82) is 0 Å².